The first-order valence-electron chi connectivity index (χ1n) is 14.1. The molecule has 0 aliphatic rings. The van der Waals surface area contributed by atoms with E-state index in [0.29, 0.717) is 55.3 Å². The number of thiazole rings is 2. The van der Waals surface area contributed by atoms with E-state index in [9.17, 15) is 19.8 Å². The molecule has 230 valence electrons. The lowest BCUT2D eigenvalue weighted by Gasteiger charge is -2.16. The normalized spacial score (nSPS) is 11.5. The first-order chi connectivity index (χ1) is 22.2. The van der Waals surface area contributed by atoms with Gasteiger partial charge in [0.25, 0.3) is 11.1 Å². The molecule has 0 radical (unpaired) electrons. The van der Waals surface area contributed by atoms with Crippen molar-refractivity contribution in [3.63, 3.8) is 0 Å². The van der Waals surface area contributed by atoms with Gasteiger partial charge >= 0.3 is 0 Å². The number of H-pyrrole nitrogens is 2. The number of rotatable bonds is 7. The Bertz CT molecular complexity index is 2200. The number of nitrogens with zero attached hydrogens (tertiary/aromatic N) is 4. The molecule has 0 saturated heterocycles. The van der Waals surface area contributed by atoms with Gasteiger partial charge in [-0.1, -0.05) is 52.3 Å². The summed E-state index contributed by atoms with van der Waals surface area (Å²) in [5.74, 6) is -0.534. The highest BCUT2D eigenvalue weighted by Crippen LogP contribution is 2.35. The molecule has 0 unspecified atom stereocenters. The monoisotopic (exact) mass is 712 g/mol. The van der Waals surface area contributed by atoms with E-state index in [4.69, 9.17) is 0 Å². The van der Waals surface area contributed by atoms with Crippen molar-refractivity contribution in [2.75, 3.05) is 0 Å². The molecular weight excluding hydrogens is 688 g/mol. The fourth-order valence-corrected chi connectivity index (χ4v) is 7.39. The summed E-state index contributed by atoms with van der Waals surface area (Å²) in [6, 6.07) is 21.3. The van der Waals surface area contributed by atoms with Gasteiger partial charge in [0.1, 0.15) is 11.5 Å². The topological polar surface area (TPSA) is 142 Å². The van der Waals surface area contributed by atoms with Crippen molar-refractivity contribution in [3.05, 3.63) is 137 Å². The van der Waals surface area contributed by atoms with Crippen molar-refractivity contribution in [2.45, 2.75) is 19.8 Å². The zero-order valence-corrected chi connectivity index (χ0v) is 27.6. The van der Waals surface area contributed by atoms with Gasteiger partial charge in [0.05, 0.1) is 22.5 Å². The summed E-state index contributed by atoms with van der Waals surface area (Å²) in [4.78, 5) is 37.8. The molecule has 0 atom stereocenters. The SMILES string of the molecule is Cc1[nH]n(-c2nc(-c3ccccc3O)cs2)c(=O)c1C(c1ccc(Br)cc1)c1c(C)[nH]n(-c2nc(-c3ccccc3O)cs2)c1=O. The highest BCUT2D eigenvalue weighted by molar-refractivity contribution is 9.10. The van der Waals surface area contributed by atoms with Crippen LogP contribution in [0.25, 0.3) is 32.8 Å². The largest absolute Gasteiger partial charge is 0.507 e. The van der Waals surface area contributed by atoms with Gasteiger partial charge in [0.15, 0.2) is 0 Å². The molecule has 7 rings (SSSR count). The molecule has 0 bridgehead atoms. The van der Waals surface area contributed by atoms with Crippen LogP contribution in [-0.2, 0) is 0 Å². The van der Waals surface area contributed by atoms with Crippen LogP contribution in [-0.4, -0.2) is 39.7 Å². The molecule has 0 aliphatic heterocycles. The van der Waals surface area contributed by atoms with Gasteiger partial charge in [-0.15, -0.1) is 22.7 Å². The van der Waals surface area contributed by atoms with Crippen LogP contribution in [0.15, 0.2) is 97.6 Å². The third kappa shape index (κ3) is 5.11. The van der Waals surface area contributed by atoms with E-state index >= 15 is 0 Å². The standard InChI is InChI=1S/C33H25BrN6O4S2/c1-17-27(30(43)39(37-17)32-35-23(15-45-32)21-7-3-5-9-25(21)41)29(19-11-13-20(34)14-12-19)28-18(2)38-40(31(28)44)33-36-24(16-46-33)22-8-4-6-10-26(22)42/h3-16,29,37-38,41-42H,1-2H3. The van der Waals surface area contributed by atoms with E-state index in [1.54, 1.807) is 61.0 Å². The van der Waals surface area contributed by atoms with Crippen LogP contribution in [0.3, 0.4) is 0 Å². The number of phenols is 2. The van der Waals surface area contributed by atoms with Gasteiger partial charge in [-0.3, -0.25) is 19.8 Å². The number of benzene rings is 3. The number of hydrogen-bond donors (Lipinski definition) is 4. The second-order valence-corrected chi connectivity index (χ2v) is 13.2. The second kappa shape index (κ2) is 11.7. The molecule has 4 heterocycles. The molecular formula is C33H25BrN6O4S2. The lowest BCUT2D eigenvalue weighted by atomic mass is 9.85. The van der Waals surface area contributed by atoms with Crippen LogP contribution in [0.4, 0.5) is 0 Å². The van der Waals surface area contributed by atoms with Gasteiger partial charge < -0.3 is 10.2 Å². The number of phenolic OH excluding ortho intramolecular Hbond substituents is 2. The molecule has 4 N–H and O–H groups in total. The van der Waals surface area contributed by atoms with E-state index in [2.05, 4.69) is 36.1 Å². The highest BCUT2D eigenvalue weighted by atomic mass is 79.9. The molecule has 46 heavy (non-hydrogen) atoms. The van der Waals surface area contributed by atoms with Crippen molar-refractivity contribution in [2.24, 2.45) is 0 Å². The number of aryl methyl sites for hydroxylation is 2. The third-order valence-corrected chi connectivity index (χ3v) is 9.92. The van der Waals surface area contributed by atoms with Crippen LogP contribution in [0.1, 0.15) is 34.0 Å². The van der Waals surface area contributed by atoms with E-state index in [-0.39, 0.29) is 22.6 Å². The molecule has 3 aromatic carbocycles. The number of halogens is 1. The Morgan fingerprint density at radius 2 is 1.13 bits per heavy atom. The second-order valence-electron chi connectivity index (χ2n) is 10.6. The van der Waals surface area contributed by atoms with Crippen LogP contribution >= 0.6 is 38.6 Å². The molecule has 10 nitrogen and oxygen atoms in total. The van der Waals surface area contributed by atoms with Crippen molar-refractivity contribution in [1.29, 1.82) is 0 Å². The number of aromatic nitrogens is 6. The Balaban J connectivity index is 1.36. The van der Waals surface area contributed by atoms with Crippen molar-refractivity contribution >= 4 is 38.6 Å². The van der Waals surface area contributed by atoms with E-state index in [1.165, 1.54) is 32.0 Å². The van der Waals surface area contributed by atoms with E-state index < -0.39 is 5.92 Å². The molecule has 0 saturated carbocycles. The van der Waals surface area contributed by atoms with E-state index in [1.807, 2.05) is 36.4 Å². The Kier molecular flexibility index (Phi) is 7.59. The number of nitrogens with one attached hydrogen (secondary N) is 2. The van der Waals surface area contributed by atoms with Crippen molar-refractivity contribution in [1.82, 2.24) is 29.5 Å². The third-order valence-electron chi connectivity index (χ3n) is 7.74. The Morgan fingerprint density at radius 3 is 1.57 bits per heavy atom. The number of aromatic amines is 2. The minimum absolute atomic E-state index is 0.0949. The maximum absolute atomic E-state index is 14.2. The number of aromatic hydroxyl groups is 2. The Morgan fingerprint density at radius 1 is 0.696 bits per heavy atom. The molecule has 4 aromatic heterocycles. The highest BCUT2D eigenvalue weighted by Gasteiger charge is 2.31. The fraction of sp³-hybridized carbons (Fsp3) is 0.0909. The molecule has 0 spiro atoms. The Hall–Kier alpha value is -4.98. The lowest BCUT2D eigenvalue weighted by molar-refractivity contribution is 0.476. The lowest BCUT2D eigenvalue weighted by Crippen LogP contribution is -2.25. The predicted molar refractivity (Wildman–Crippen MR) is 183 cm³/mol. The van der Waals surface area contributed by atoms with Gasteiger partial charge in [-0.2, -0.15) is 9.36 Å². The summed E-state index contributed by atoms with van der Waals surface area (Å²) in [6.45, 7) is 3.60. The number of para-hydroxylation sites is 2. The van der Waals surface area contributed by atoms with Gasteiger partial charge in [-0.25, -0.2) is 9.97 Å². The van der Waals surface area contributed by atoms with Crippen molar-refractivity contribution < 1.29 is 10.2 Å². The summed E-state index contributed by atoms with van der Waals surface area (Å²) in [6.07, 6.45) is 0. The van der Waals surface area contributed by atoms with Crippen molar-refractivity contribution in [3.8, 4) is 44.3 Å². The minimum Gasteiger partial charge on any atom is -0.507 e. The first-order valence-corrected chi connectivity index (χ1v) is 16.6. The smallest absolute Gasteiger partial charge is 0.277 e. The van der Waals surface area contributed by atoms with Gasteiger partial charge in [-0.05, 0) is 55.8 Å². The predicted octanol–water partition coefficient (Wildman–Crippen LogP) is 6.86. The average Bonchev–Trinajstić information content (AvgIpc) is 3.83. The summed E-state index contributed by atoms with van der Waals surface area (Å²) < 4.78 is 3.62. The van der Waals surface area contributed by atoms with Crippen LogP contribution in [0.2, 0.25) is 0 Å². The molecule has 0 fully saturated rings. The molecule has 13 heteroatoms. The maximum atomic E-state index is 14.2. The summed E-state index contributed by atoms with van der Waals surface area (Å²) in [7, 11) is 0. The zero-order valence-electron chi connectivity index (χ0n) is 24.4. The number of hydrogen-bond acceptors (Lipinski definition) is 8. The Labute approximate surface area is 278 Å². The molecule has 0 aliphatic carbocycles. The molecule has 0 amide bonds. The van der Waals surface area contributed by atoms with Crippen LogP contribution in [0, 0.1) is 13.8 Å². The summed E-state index contributed by atoms with van der Waals surface area (Å²) >= 11 is 6.02. The van der Waals surface area contributed by atoms with E-state index in [0.717, 1.165) is 10.0 Å². The zero-order chi connectivity index (χ0) is 32.1. The van der Waals surface area contributed by atoms with Gasteiger partial charge in [0, 0.05) is 43.7 Å². The summed E-state index contributed by atoms with van der Waals surface area (Å²) in [5.41, 5.74) is 4.25. The maximum Gasteiger partial charge on any atom is 0.277 e. The fourth-order valence-electron chi connectivity index (χ4n) is 5.56. The van der Waals surface area contributed by atoms with Gasteiger partial charge in [0.2, 0.25) is 10.3 Å². The first kappa shape index (κ1) is 29.7. The quantitative estimate of drug-likeness (QED) is 0.142. The minimum atomic E-state index is -0.724. The van der Waals surface area contributed by atoms with Crippen LogP contribution < -0.4 is 11.1 Å². The average molecular weight is 714 g/mol. The molecule has 7 aromatic rings. The summed E-state index contributed by atoms with van der Waals surface area (Å²) in [5, 5.41) is 31.4. The van der Waals surface area contributed by atoms with Crippen LogP contribution in [0.5, 0.6) is 11.5 Å².